The SMILES string of the molecule is O=C(O)c1cccc(-n2nnc(S(=O)(=O)c3cc(Cl)ccc3Cl)c2-c2ccc(F)cc2)c1. The smallest absolute Gasteiger partial charge is 0.335 e. The van der Waals surface area contributed by atoms with E-state index < -0.39 is 26.6 Å². The van der Waals surface area contributed by atoms with E-state index in [0.717, 1.165) is 12.1 Å². The Bertz CT molecular complexity index is 1450. The first-order chi connectivity index (χ1) is 15.2. The lowest BCUT2D eigenvalue weighted by atomic mass is 10.1. The minimum absolute atomic E-state index is 0.00332. The molecule has 4 aromatic rings. The maximum absolute atomic E-state index is 13.5. The zero-order valence-electron chi connectivity index (χ0n) is 15.9. The topological polar surface area (TPSA) is 102 Å². The number of carbonyl (C=O) groups is 1. The summed E-state index contributed by atoms with van der Waals surface area (Å²) in [4.78, 5) is 11.1. The van der Waals surface area contributed by atoms with Crippen LogP contribution in [0.5, 0.6) is 0 Å². The van der Waals surface area contributed by atoms with Crippen molar-refractivity contribution < 1.29 is 22.7 Å². The number of hydrogen-bond donors (Lipinski definition) is 1. The number of halogens is 3. The highest BCUT2D eigenvalue weighted by atomic mass is 35.5. The number of carboxylic acid groups (broad SMARTS) is 1. The summed E-state index contributed by atoms with van der Waals surface area (Å²) in [6, 6.07) is 14.7. The molecule has 0 spiro atoms. The Morgan fingerprint density at radius 2 is 1.72 bits per heavy atom. The molecule has 7 nitrogen and oxygen atoms in total. The molecule has 11 heteroatoms. The van der Waals surface area contributed by atoms with E-state index in [1.165, 1.54) is 59.3 Å². The van der Waals surface area contributed by atoms with Crippen LogP contribution in [0, 0.1) is 5.82 Å². The van der Waals surface area contributed by atoms with Gasteiger partial charge in [-0.1, -0.05) is 34.5 Å². The van der Waals surface area contributed by atoms with Crippen molar-refractivity contribution in [3.63, 3.8) is 0 Å². The Labute approximate surface area is 191 Å². The molecule has 0 atom stereocenters. The van der Waals surface area contributed by atoms with Crippen molar-refractivity contribution >= 4 is 39.0 Å². The third kappa shape index (κ3) is 3.97. The molecule has 0 amide bonds. The molecule has 1 heterocycles. The summed E-state index contributed by atoms with van der Waals surface area (Å²) in [5.41, 5.74) is 0.498. The second-order valence-corrected chi connectivity index (χ2v) is 9.27. The standard InChI is InChI=1S/C21H12Cl2FN3O4S/c22-14-6-9-17(23)18(11-14)32(30,31)20-19(12-4-7-15(24)8-5-12)27(26-25-20)16-3-1-2-13(10-16)21(28)29/h1-11H,(H,28,29). The number of hydrogen-bond acceptors (Lipinski definition) is 5. The van der Waals surface area contributed by atoms with Crippen molar-refractivity contribution in [2.24, 2.45) is 0 Å². The highest BCUT2D eigenvalue weighted by molar-refractivity contribution is 7.91. The van der Waals surface area contributed by atoms with E-state index >= 15 is 0 Å². The number of aromatic nitrogens is 3. The molecule has 0 unspecified atom stereocenters. The molecule has 3 aromatic carbocycles. The zero-order chi connectivity index (χ0) is 23.0. The molecule has 4 rings (SSSR count). The highest BCUT2D eigenvalue weighted by Crippen LogP contribution is 2.35. The zero-order valence-corrected chi connectivity index (χ0v) is 18.2. The lowest BCUT2D eigenvalue weighted by Gasteiger charge is -2.10. The first-order valence-electron chi connectivity index (χ1n) is 8.94. The minimum Gasteiger partial charge on any atom is -0.478 e. The molecule has 1 N–H and O–H groups in total. The summed E-state index contributed by atoms with van der Waals surface area (Å²) in [5.74, 6) is -1.70. The predicted molar refractivity (Wildman–Crippen MR) is 116 cm³/mol. The number of sulfone groups is 1. The largest absolute Gasteiger partial charge is 0.478 e. The quantitative estimate of drug-likeness (QED) is 0.425. The van der Waals surface area contributed by atoms with Gasteiger partial charge in [0.2, 0.25) is 14.9 Å². The van der Waals surface area contributed by atoms with Crippen LogP contribution in [0.25, 0.3) is 16.9 Å². The van der Waals surface area contributed by atoms with E-state index in [1.807, 2.05) is 0 Å². The normalized spacial score (nSPS) is 11.5. The van der Waals surface area contributed by atoms with E-state index in [-0.39, 0.29) is 37.4 Å². The highest BCUT2D eigenvalue weighted by Gasteiger charge is 2.31. The van der Waals surface area contributed by atoms with Gasteiger partial charge in [0.05, 0.1) is 21.2 Å². The van der Waals surface area contributed by atoms with Gasteiger partial charge in [0.1, 0.15) is 11.5 Å². The molecule has 0 aliphatic heterocycles. The van der Waals surface area contributed by atoms with Crippen LogP contribution in [-0.4, -0.2) is 34.5 Å². The molecule has 0 fully saturated rings. The molecule has 0 bridgehead atoms. The Morgan fingerprint density at radius 1 is 1.00 bits per heavy atom. The van der Waals surface area contributed by atoms with E-state index in [9.17, 15) is 22.7 Å². The number of nitrogens with zero attached hydrogens (tertiary/aromatic N) is 3. The molecule has 32 heavy (non-hydrogen) atoms. The van der Waals surface area contributed by atoms with E-state index in [2.05, 4.69) is 10.3 Å². The van der Waals surface area contributed by atoms with Crippen LogP contribution in [0.15, 0.2) is 76.7 Å². The van der Waals surface area contributed by atoms with Crippen LogP contribution < -0.4 is 0 Å². The van der Waals surface area contributed by atoms with Gasteiger partial charge in [-0.25, -0.2) is 22.3 Å². The molecule has 0 saturated heterocycles. The summed E-state index contributed by atoms with van der Waals surface area (Å²) < 4.78 is 41.6. The predicted octanol–water partition coefficient (Wildman–Crippen LogP) is 4.91. The van der Waals surface area contributed by atoms with Crippen LogP contribution in [0.4, 0.5) is 4.39 Å². The minimum atomic E-state index is -4.32. The molecule has 0 aliphatic carbocycles. The van der Waals surface area contributed by atoms with Gasteiger partial charge in [0.15, 0.2) is 0 Å². The second kappa shape index (κ2) is 8.34. The average molecular weight is 492 g/mol. The van der Waals surface area contributed by atoms with Crippen molar-refractivity contribution in [1.82, 2.24) is 15.0 Å². The average Bonchev–Trinajstić information content (AvgIpc) is 3.22. The fourth-order valence-electron chi connectivity index (χ4n) is 3.04. The monoisotopic (exact) mass is 491 g/mol. The van der Waals surface area contributed by atoms with Gasteiger partial charge in [-0.15, -0.1) is 5.10 Å². The third-order valence-electron chi connectivity index (χ3n) is 4.53. The number of benzene rings is 3. The van der Waals surface area contributed by atoms with Gasteiger partial charge in [-0.05, 0) is 60.7 Å². The van der Waals surface area contributed by atoms with E-state index in [0.29, 0.717) is 0 Å². The van der Waals surface area contributed by atoms with Gasteiger partial charge in [0, 0.05) is 10.6 Å². The van der Waals surface area contributed by atoms with Crippen molar-refractivity contribution in [2.45, 2.75) is 9.92 Å². The third-order valence-corrected chi connectivity index (χ3v) is 6.91. The van der Waals surface area contributed by atoms with Gasteiger partial charge in [-0.3, -0.25) is 0 Å². The molecule has 0 radical (unpaired) electrons. The van der Waals surface area contributed by atoms with E-state index in [4.69, 9.17) is 23.2 Å². The van der Waals surface area contributed by atoms with Crippen LogP contribution in [0.3, 0.4) is 0 Å². The maximum atomic E-state index is 13.5. The number of rotatable bonds is 5. The Kier molecular flexibility index (Phi) is 5.72. The molecular formula is C21H12Cl2FN3O4S. The van der Waals surface area contributed by atoms with Gasteiger partial charge < -0.3 is 5.11 Å². The summed E-state index contributed by atoms with van der Waals surface area (Å²) >= 11 is 12.1. The van der Waals surface area contributed by atoms with Crippen molar-refractivity contribution in [3.8, 4) is 16.9 Å². The first-order valence-corrected chi connectivity index (χ1v) is 11.2. The van der Waals surface area contributed by atoms with Crippen molar-refractivity contribution in [2.75, 3.05) is 0 Å². The van der Waals surface area contributed by atoms with Crippen LogP contribution in [0.1, 0.15) is 10.4 Å². The summed E-state index contributed by atoms with van der Waals surface area (Å²) in [7, 11) is -4.32. The van der Waals surface area contributed by atoms with Gasteiger partial charge in [0.25, 0.3) is 0 Å². The van der Waals surface area contributed by atoms with Crippen molar-refractivity contribution in [3.05, 3.63) is 88.2 Å². The molecule has 0 aliphatic rings. The molecular weight excluding hydrogens is 480 g/mol. The lowest BCUT2D eigenvalue weighted by Crippen LogP contribution is -2.07. The van der Waals surface area contributed by atoms with Gasteiger partial charge in [-0.2, -0.15) is 0 Å². The van der Waals surface area contributed by atoms with E-state index in [1.54, 1.807) is 0 Å². The Morgan fingerprint density at radius 3 is 2.41 bits per heavy atom. The molecule has 162 valence electrons. The van der Waals surface area contributed by atoms with Crippen LogP contribution >= 0.6 is 23.2 Å². The number of aromatic carboxylic acids is 1. The number of carboxylic acids is 1. The van der Waals surface area contributed by atoms with Gasteiger partial charge >= 0.3 is 5.97 Å². The summed E-state index contributed by atoms with van der Waals surface area (Å²) in [6.07, 6.45) is 0. The molecule has 1 aromatic heterocycles. The Balaban J connectivity index is 2.01. The summed E-state index contributed by atoms with van der Waals surface area (Å²) in [5, 5.41) is 16.8. The van der Waals surface area contributed by atoms with Crippen LogP contribution in [0.2, 0.25) is 10.0 Å². The summed E-state index contributed by atoms with van der Waals surface area (Å²) in [6.45, 7) is 0. The van der Waals surface area contributed by atoms with Crippen LogP contribution in [-0.2, 0) is 9.84 Å². The Hall–Kier alpha value is -3.27. The fourth-order valence-corrected chi connectivity index (χ4v) is 5.12. The lowest BCUT2D eigenvalue weighted by molar-refractivity contribution is 0.0697. The second-order valence-electron chi connectivity index (χ2n) is 6.60. The fraction of sp³-hybridized carbons (Fsp3) is 0. The van der Waals surface area contributed by atoms with Crippen molar-refractivity contribution in [1.29, 1.82) is 0 Å². The molecule has 0 saturated carbocycles. The maximum Gasteiger partial charge on any atom is 0.335 e. The first kappa shape index (κ1) is 21.9.